The van der Waals surface area contributed by atoms with Crippen molar-refractivity contribution in [1.82, 2.24) is 15.0 Å². The maximum absolute atomic E-state index is 6.21. The first-order valence-electron chi connectivity index (χ1n) is 7.99. The maximum atomic E-state index is 6.21. The number of anilines is 1. The number of hydrogen-bond acceptors (Lipinski definition) is 5. The smallest absolute Gasteiger partial charge is 0.225 e. The Bertz CT molecular complexity index is 821. The molecule has 5 nitrogen and oxygen atoms in total. The van der Waals surface area contributed by atoms with E-state index >= 15 is 0 Å². The predicted octanol–water partition coefficient (Wildman–Crippen LogP) is 3.70. The Balaban J connectivity index is 1.45. The Hall–Kier alpha value is -2.40. The normalized spacial score (nSPS) is 17.4. The second-order valence-electron chi connectivity index (χ2n) is 5.91. The Morgan fingerprint density at radius 3 is 2.79 bits per heavy atom. The van der Waals surface area contributed by atoms with Gasteiger partial charge in [-0.05, 0) is 24.1 Å². The average Bonchev–Trinajstić information content (AvgIpc) is 3.27. The minimum atomic E-state index is 0.272. The molecule has 3 aromatic rings. The van der Waals surface area contributed by atoms with Crippen LogP contribution in [-0.2, 0) is 6.42 Å². The number of oxazole rings is 1. The molecule has 0 aliphatic carbocycles. The van der Waals surface area contributed by atoms with Crippen LogP contribution < -0.4 is 4.90 Å². The highest BCUT2D eigenvalue weighted by atomic mass is 35.5. The molecule has 1 saturated heterocycles. The van der Waals surface area contributed by atoms with Gasteiger partial charge in [0.1, 0.15) is 5.76 Å². The molecule has 0 spiro atoms. The third-order valence-corrected chi connectivity index (χ3v) is 4.64. The van der Waals surface area contributed by atoms with Crippen molar-refractivity contribution in [1.29, 1.82) is 0 Å². The molecule has 1 aliphatic heterocycles. The fourth-order valence-electron chi connectivity index (χ4n) is 3.02. The molecule has 3 heterocycles. The molecule has 1 aliphatic rings. The van der Waals surface area contributed by atoms with Gasteiger partial charge in [-0.1, -0.05) is 29.8 Å². The molecule has 6 heteroatoms. The number of aromatic nitrogens is 3. The first kappa shape index (κ1) is 15.1. The van der Waals surface area contributed by atoms with E-state index in [0.717, 1.165) is 47.7 Å². The first-order valence-corrected chi connectivity index (χ1v) is 8.37. The van der Waals surface area contributed by atoms with Crippen molar-refractivity contribution in [2.45, 2.75) is 18.8 Å². The van der Waals surface area contributed by atoms with E-state index in [9.17, 15) is 0 Å². The van der Waals surface area contributed by atoms with Crippen LogP contribution in [-0.4, -0.2) is 28.0 Å². The van der Waals surface area contributed by atoms with Crippen molar-refractivity contribution in [3.05, 3.63) is 71.2 Å². The molecule has 0 radical (unpaired) electrons. The van der Waals surface area contributed by atoms with Crippen LogP contribution in [0.2, 0.25) is 5.02 Å². The van der Waals surface area contributed by atoms with Crippen LogP contribution in [0, 0.1) is 0 Å². The lowest BCUT2D eigenvalue weighted by Crippen LogP contribution is -2.21. The molecule has 4 rings (SSSR count). The van der Waals surface area contributed by atoms with Crippen LogP contribution in [0.5, 0.6) is 0 Å². The fraction of sp³-hybridized carbons (Fsp3) is 0.278. The van der Waals surface area contributed by atoms with Crippen LogP contribution in [0.15, 0.2) is 53.3 Å². The van der Waals surface area contributed by atoms with Crippen LogP contribution in [0.1, 0.15) is 29.6 Å². The van der Waals surface area contributed by atoms with Crippen molar-refractivity contribution in [3.8, 4) is 0 Å². The minimum Gasteiger partial charge on any atom is -0.445 e. The van der Waals surface area contributed by atoms with E-state index in [2.05, 4.69) is 19.9 Å². The molecule has 2 aromatic heterocycles. The van der Waals surface area contributed by atoms with E-state index < -0.39 is 0 Å². The van der Waals surface area contributed by atoms with E-state index in [0.29, 0.717) is 6.42 Å². The minimum absolute atomic E-state index is 0.272. The van der Waals surface area contributed by atoms with Gasteiger partial charge in [0.25, 0.3) is 0 Å². The number of halogens is 1. The van der Waals surface area contributed by atoms with Gasteiger partial charge in [0.05, 0.1) is 12.1 Å². The van der Waals surface area contributed by atoms with Crippen LogP contribution in [0.25, 0.3) is 0 Å². The molecule has 24 heavy (non-hydrogen) atoms. The van der Waals surface area contributed by atoms with E-state index in [1.54, 1.807) is 18.6 Å². The molecule has 1 fully saturated rings. The van der Waals surface area contributed by atoms with E-state index in [4.69, 9.17) is 16.0 Å². The summed E-state index contributed by atoms with van der Waals surface area (Å²) < 4.78 is 5.97. The highest BCUT2D eigenvalue weighted by Crippen LogP contribution is 2.29. The standard InChI is InChI=1S/C18H17ClN4O/c19-16-5-2-1-4-13(16)10-15-11-22-17(24-15)14-6-9-23(12-14)18-20-7-3-8-21-18/h1-5,7-8,11,14H,6,9-10,12H2/t14-/m1/s1. The van der Waals surface area contributed by atoms with Crippen LogP contribution in [0.3, 0.4) is 0 Å². The Kier molecular flexibility index (Phi) is 4.17. The topological polar surface area (TPSA) is 55.1 Å². The number of hydrogen-bond donors (Lipinski definition) is 0. The van der Waals surface area contributed by atoms with Gasteiger partial charge in [0.15, 0.2) is 5.89 Å². The highest BCUT2D eigenvalue weighted by molar-refractivity contribution is 6.31. The second-order valence-corrected chi connectivity index (χ2v) is 6.32. The molecule has 0 N–H and O–H groups in total. The summed E-state index contributed by atoms with van der Waals surface area (Å²) in [4.78, 5) is 15.3. The van der Waals surface area contributed by atoms with Gasteiger partial charge in [0.2, 0.25) is 5.95 Å². The lowest BCUT2D eigenvalue weighted by molar-refractivity contribution is 0.433. The van der Waals surface area contributed by atoms with Gasteiger partial charge in [-0.15, -0.1) is 0 Å². The summed E-state index contributed by atoms with van der Waals surface area (Å²) in [6, 6.07) is 9.63. The monoisotopic (exact) mass is 340 g/mol. The van der Waals surface area contributed by atoms with Gasteiger partial charge >= 0.3 is 0 Å². The lowest BCUT2D eigenvalue weighted by Gasteiger charge is -2.14. The quantitative estimate of drug-likeness (QED) is 0.724. The Morgan fingerprint density at radius 2 is 1.96 bits per heavy atom. The van der Waals surface area contributed by atoms with Crippen LogP contribution >= 0.6 is 11.6 Å². The van der Waals surface area contributed by atoms with Gasteiger partial charge in [-0.3, -0.25) is 0 Å². The van der Waals surface area contributed by atoms with Gasteiger partial charge in [-0.25, -0.2) is 15.0 Å². The maximum Gasteiger partial charge on any atom is 0.225 e. The Morgan fingerprint density at radius 1 is 1.12 bits per heavy atom. The van der Waals surface area contributed by atoms with Crippen molar-refractivity contribution in [2.75, 3.05) is 18.0 Å². The third kappa shape index (κ3) is 3.12. The SMILES string of the molecule is Clc1ccccc1Cc1cnc([C@@H]2CCN(c3ncccn3)C2)o1. The largest absolute Gasteiger partial charge is 0.445 e. The summed E-state index contributed by atoms with van der Waals surface area (Å²) in [6.07, 6.45) is 6.99. The number of rotatable bonds is 4. The molecule has 0 unspecified atom stereocenters. The molecule has 1 atom stereocenters. The molecule has 1 aromatic carbocycles. The lowest BCUT2D eigenvalue weighted by atomic mass is 10.1. The molecule has 0 saturated carbocycles. The zero-order valence-corrected chi connectivity index (χ0v) is 13.9. The summed E-state index contributed by atoms with van der Waals surface area (Å²) in [6.45, 7) is 1.74. The fourth-order valence-corrected chi connectivity index (χ4v) is 3.22. The zero-order chi connectivity index (χ0) is 16.4. The molecular formula is C18H17ClN4O. The van der Waals surface area contributed by atoms with Crippen LogP contribution in [0.4, 0.5) is 5.95 Å². The molecule has 0 bridgehead atoms. The molecule has 0 amide bonds. The number of benzene rings is 1. The van der Waals surface area contributed by atoms with Crippen molar-refractivity contribution >= 4 is 17.5 Å². The second kappa shape index (κ2) is 6.61. The van der Waals surface area contributed by atoms with E-state index in [1.165, 1.54) is 0 Å². The summed E-state index contributed by atoms with van der Waals surface area (Å²) in [5, 5.41) is 0.753. The summed E-state index contributed by atoms with van der Waals surface area (Å²) in [5.41, 5.74) is 1.05. The molecule has 122 valence electrons. The van der Waals surface area contributed by atoms with Gasteiger partial charge in [0, 0.05) is 36.9 Å². The van der Waals surface area contributed by atoms with Crippen molar-refractivity contribution in [2.24, 2.45) is 0 Å². The van der Waals surface area contributed by atoms with E-state index in [-0.39, 0.29) is 5.92 Å². The average molecular weight is 341 g/mol. The number of nitrogens with zero attached hydrogens (tertiary/aromatic N) is 4. The van der Waals surface area contributed by atoms with Crippen molar-refractivity contribution < 1.29 is 4.42 Å². The Labute approximate surface area is 145 Å². The third-order valence-electron chi connectivity index (χ3n) is 4.27. The summed E-state index contributed by atoms with van der Waals surface area (Å²) >= 11 is 6.21. The molecular weight excluding hydrogens is 324 g/mol. The highest BCUT2D eigenvalue weighted by Gasteiger charge is 2.28. The summed E-state index contributed by atoms with van der Waals surface area (Å²) in [5.74, 6) is 2.67. The predicted molar refractivity (Wildman–Crippen MR) is 92.4 cm³/mol. The van der Waals surface area contributed by atoms with Gasteiger partial charge < -0.3 is 9.32 Å². The van der Waals surface area contributed by atoms with Gasteiger partial charge in [-0.2, -0.15) is 0 Å². The first-order chi connectivity index (χ1) is 11.8. The summed E-state index contributed by atoms with van der Waals surface area (Å²) in [7, 11) is 0. The zero-order valence-electron chi connectivity index (χ0n) is 13.1. The van der Waals surface area contributed by atoms with E-state index in [1.807, 2.05) is 30.3 Å². The van der Waals surface area contributed by atoms with Crippen molar-refractivity contribution in [3.63, 3.8) is 0 Å².